The molecule has 0 bridgehead atoms. The average Bonchev–Trinajstić information content (AvgIpc) is 3.55. The SMILES string of the molecule is COc1cccc(OC)c1-n1c(NS(=O)(=O)[C@@H](C)[C@H](O)c2ncc(C)cn2)nnc1-c1ccn(C(F)F)n1. The standard InChI is InChI=1S/C22H24F2N8O5S/c1-12-10-25-19(26-11-12)18(33)13(2)38(34,35)30-22-28-27-20(14-8-9-31(29-14)21(23)24)32(22)17-15(36-3)6-5-7-16(17)37-4/h5-11,13,18,21,33H,1-4H3,(H,28,30)/t13-,18-/m0/s1. The van der Waals surface area contributed by atoms with E-state index in [1.807, 2.05) is 0 Å². The lowest BCUT2D eigenvalue weighted by atomic mass is 10.2. The van der Waals surface area contributed by atoms with Gasteiger partial charge in [-0.2, -0.15) is 13.9 Å². The lowest BCUT2D eigenvalue weighted by molar-refractivity contribution is 0.0568. The Morgan fingerprint density at radius 1 is 1.05 bits per heavy atom. The molecule has 0 saturated carbocycles. The van der Waals surface area contributed by atoms with E-state index < -0.39 is 27.9 Å². The first-order valence-corrected chi connectivity index (χ1v) is 12.6. The molecule has 0 spiro atoms. The van der Waals surface area contributed by atoms with Crippen molar-refractivity contribution >= 4 is 16.0 Å². The molecule has 0 unspecified atom stereocenters. The number of hydrogen-bond acceptors (Lipinski definition) is 10. The number of rotatable bonds is 10. The van der Waals surface area contributed by atoms with E-state index in [-0.39, 0.29) is 40.5 Å². The number of methoxy groups -OCH3 is 2. The molecular formula is C22H24F2N8O5S. The van der Waals surface area contributed by atoms with Crippen LogP contribution in [0.2, 0.25) is 0 Å². The molecule has 1 aromatic carbocycles. The van der Waals surface area contributed by atoms with Gasteiger partial charge in [0.2, 0.25) is 16.0 Å². The number of aliphatic hydroxyl groups excluding tert-OH is 1. The van der Waals surface area contributed by atoms with Crippen molar-refractivity contribution in [2.45, 2.75) is 31.8 Å². The molecule has 16 heteroatoms. The van der Waals surface area contributed by atoms with Crippen molar-refractivity contribution in [3.8, 4) is 28.7 Å². The molecular weight excluding hydrogens is 526 g/mol. The number of aromatic nitrogens is 7. The molecule has 4 aromatic rings. The van der Waals surface area contributed by atoms with Crippen LogP contribution in [-0.2, 0) is 10.0 Å². The minimum Gasteiger partial charge on any atom is -0.494 e. The van der Waals surface area contributed by atoms with Gasteiger partial charge in [0.25, 0.3) is 0 Å². The molecule has 38 heavy (non-hydrogen) atoms. The Hall–Kier alpha value is -4.18. The summed E-state index contributed by atoms with van der Waals surface area (Å²) in [5.74, 6) is -0.0293. The number of anilines is 1. The van der Waals surface area contributed by atoms with Gasteiger partial charge in [-0.3, -0.25) is 9.29 Å². The average molecular weight is 551 g/mol. The van der Waals surface area contributed by atoms with E-state index in [0.29, 0.717) is 4.68 Å². The Bertz CT molecular complexity index is 1500. The van der Waals surface area contributed by atoms with Gasteiger partial charge in [0.05, 0.1) is 14.2 Å². The number of ether oxygens (including phenoxy) is 2. The normalized spacial score (nSPS) is 13.4. The minimum absolute atomic E-state index is 0.0302. The summed E-state index contributed by atoms with van der Waals surface area (Å²) in [7, 11) is -1.57. The maximum absolute atomic E-state index is 13.3. The molecule has 3 aromatic heterocycles. The largest absolute Gasteiger partial charge is 0.494 e. The van der Waals surface area contributed by atoms with Crippen LogP contribution in [0.1, 0.15) is 31.0 Å². The summed E-state index contributed by atoms with van der Waals surface area (Å²) in [4.78, 5) is 8.00. The Labute approximate surface area is 216 Å². The van der Waals surface area contributed by atoms with E-state index in [1.54, 1.807) is 25.1 Å². The molecule has 0 saturated heterocycles. The number of benzene rings is 1. The molecule has 202 valence electrons. The first-order chi connectivity index (χ1) is 18.1. The Morgan fingerprint density at radius 2 is 1.68 bits per heavy atom. The first-order valence-electron chi connectivity index (χ1n) is 11.1. The van der Waals surface area contributed by atoms with Gasteiger partial charge >= 0.3 is 6.55 Å². The van der Waals surface area contributed by atoms with Crippen LogP contribution in [-0.4, -0.2) is 67.5 Å². The van der Waals surface area contributed by atoms with Gasteiger partial charge in [-0.15, -0.1) is 10.2 Å². The van der Waals surface area contributed by atoms with Crippen LogP contribution in [0.15, 0.2) is 42.9 Å². The Kier molecular flexibility index (Phi) is 7.54. The van der Waals surface area contributed by atoms with Crippen molar-refractivity contribution in [3.05, 3.63) is 54.2 Å². The molecule has 0 aliphatic rings. The van der Waals surface area contributed by atoms with Crippen molar-refractivity contribution in [1.29, 1.82) is 0 Å². The highest BCUT2D eigenvalue weighted by Gasteiger charge is 2.34. The number of nitrogens with zero attached hydrogens (tertiary/aromatic N) is 7. The minimum atomic E-state index is -4.35. The number of aryl methyl sites for hydroxylation is 1. The van der Waals surface area contributed by atoms with E-state index in [1.165, 1.54) is 44.2 Å². The topological polar surface area (TPSA) is 159 Å². The zero-order valence-corrected chi connectivity index (χ0v) is 21.5. The van der Waals surface area contributed by atoms with Crippen LogP contribution in [0.5, 0.6) is 11.5 Å². The van der Waals surface area contributed by atoms with Gasteiger partial charge in [0, 0.05) is 18.6 Å². The fourth-order valence-electron chi connectivity index (χ4n) is 3.50. The van der Waals surface area contributed by atoms with E-state index in [2.05, 4.69) is 30.0 Å². The zero-order valence-electron chi connectivity index (χ0n) is 20.6. The van der Waals surface area contributed by atoms with Crippen LogP contribution in [0.4, 0.5) is 14.7 Å². The second-order valence-corrected chi connectivity index (χ2v) is 10.1. The van der Waals surface area contributed by atoms with E-state index in [4.69, 9.17) is 9.47 Å². The number of alkyl halides is 2. The maximum Gasteiger partial charge on any atom is 0.333 e. The highest BCUT2D eigenvalue weighted by atomic mass is 32.2. The fourth-order valence-corrected chi connectivity index (χ4v) is 4.53. The van der Waals surface area contributed by atoms with Crippen LogP contribution in [0.3, 0.4) is 0 Å². The fraction of sp³-hybridized carbons (Fsp3) is 0.318. The van der Waals surface area contributed by atoms with Crippen molar-refractivity contribution in [1.82, 2.24) is 34.5 Å². The van der Waals surface area contributed by atoms with E-state index in [9.17, 15) is 22.3 Å². The number of halogens is 2. The highest BCUT2D eigenvalue weighted by Crippen LogP contribution is 2.37. The molecule has 0 fully saturated rings. The molecule has 2 atom stereocenters. The summed E-state index contributed by atoms with van der Waals surface area (Å²) in [6.45, 7) is 0.107. The highest BCUT2D eigenvalue weighted by molar-refractivity contribution is 7.93. The van der Waals surface area contributed by atoms with Gasteiger partial charge in [0.1, 0.15) is 34.2 Å². The summed E-state index contributed by atoms with van der Waals surface area (Å²) in [5, 5.41) is 21.0. The van der Waals surface area contributed by atoms with Crippen molar-refractivity contribution in [2.75, 3.05) is 18.9 Å². The molecule has 13 nitrogen and oxygen atoms in total. The van der Waals surface area contributed by atoms with Crippen molar-refractivity contribution in [2.24, 2.45) is 0 Å². The van der Waals surface area contributed by atoms with Gasteiger partial charge in [0.15, 0.2) is 11.6 Å². The maximum atomic E-state index is 13.3. The second-order valence-electron chi connectivity index (χ2n) is 8.07. The third kappa shape index (κ3) is 5.12. The number of nitrogens with one attached hydrogen (secondary N) is 1. The summed E-state index contributed by atoms with van der Waals surface area (Å²) in [6.07, 6.45) is 2.37. The second kappa shape index (κ2) is 10.7. The predicted molar refractivity (Wildman–Crippen MR) is 131 cm³/mol. The molecule has 0 radical (unpaired) electrons. The third-order valence-corrected chi connectivity index (χ3v) is 7.26. The quantitative estimate of drug-likeness (QED) is 0.300. The Morgan fingerprint density at radius 3 is 2.24 bits per heavy atom. The number of aliphatic hydroxyl groups is 1. The third-order valence-electron chi connectivity index (χ3n) is 5.56. The molecule has 3 heterocycles. The molecule has 4 rings (SSSR count). The van der Waals surface area contributed by atoms with E-state index in [0.717, 1.165) is 11.8 Å². The van der Waals surface area contributed by atoms with Crippen LogP contribution in [0, 0.1) is 6.92 Å². The van der Waals surface area contributed by atoms with Gasteiger partial charge in [-0.25, -0.2) is 23.1 Å². The van der Waals surface area contributed by atoms with E-state index >= 15 is 0 Å². The number of sulfonamides is 1. The van der Waals surface area contributed by atoms with Crippen LogP contribution in [0.25, 0.3) is 17.2 Å². The predicted octanol–water partition coefficient (Wildman–Crippen LogP) is 2.51. The lowest BCUT2D eigenvalue weighted by Crippen LogP contribution is -2.32. The monoisotopic (exact) mass is 550 g/mol. The summed E-state index contributed by atoms with van der Waals surface area (Å²) >= 11 is 0. The van der Waals surface area contributed by atoms with Crippen molar-refractivity contribution < 1.29 is 31.8 Å². The van der Waals surface area contributed by atoms with Crippen LogP contribution >= 0.6 is 0 Å². The number of hydrogen-bond donors (Lipinski definition) is 2. The molecule has 0 aliphatic heterocycles. The summed E-state index contributed by atoms with van der Waals surface area (Å²) < 4.78 is 67.9. The van der Waals surface area contributed by atoms with Crippen molar-refractivity contribution in [3.63, 3.8) is 0 Å². The smallest absolute Gasteiger partial charge is 0.333 e. The van der Waals surface area contributed by atoms with Gasteiger partial charge < -0.3 is 14.6 Å². The summed E-state index contributed by atoms with van der Waals surface area (Å²) in [5.41, 5.74) is 0.879. The first kappa shape index (κ1) is 26.9. The summed E-state index contributed by atoms with van der Waals surface area (Å²) in [6, 6.07) is 6.08. The number of para-hydroxylation sites is 1. The molecule has 0 amide bonds. The molecule has 2 N–H and O–H groups in total. The lowest BCUT2D eigenvalue weighted by Gasteiger charge is -2.20. The van der Waals surface area contributed by atoms with Gasteiger partial charge in [-0.05, 0) is 37.6 Å². The van der Waals surface area contributed by atoms with Gasteiger partial charge in [-0.1, -0.05) is 6.07 Å². The van der Waals surface area contributed by atoms with Crippen LogP contribution < -0.4 is 14.2 Å². The molecule has 0 aliphatic carbocycles. The zero-order chi connectivity index (χ0) is 27.6. The Balaban J connectivity index is 1.82.